The van der Waals surface area contributed by atoms with Gasteiger partial charge in [0.15, 0.2) is 11.9 Å². The number of pyridine rings is 1. The van der Waals surface area contributed by atoms with Crippen molar-refractivity contribution in [1.29, 1.82) is 0 Å². The molecule has 154 valence electrons. The van der Waals surface area contributed by atoms with E-state index in [1.807, 2.05) is 0 Å². The molecule has 2 unspecified atom stereocenters. The number of nitrogens with one attached hydrogen (secondary N) is 2. The van der Waals surface area contributed by atoms with Crippen molar-refractivity contribution >= 4 is 22.4 Å². The maximum atomic E-state index is 12.7. The average molecular weight is 408 g/mol. The maximum absolute atomic E-state index is 12.7. The van der Waals surface area contributed by atoms with E-state index in [9.17, 15) is 23.1 Å². The normalized spacial score (nSPS) is 18.7. The van der Waals surface area contributed by atoms with Gasteiger partial charge in [-0.05, 0) is 36.6 Å². The van der Waals surface area contributed by atoms with E-state index in [4.69, 9.17) is 4.74 Å². The Morgan fingerprint density at radius 3 is 2.69 bits per heavy atom. The number of rotatable bonds is 4. The molecule has 1 saturated heterocycles. The first-order valence-electron chi connectivity index (χ1n) is 9.14. The lowest BCUT2D eigenvalue weighted by atomic mass is 10.1. The van der Waals surface area contributed by atoms with E-state index < -0.39 is 12.3 Å². The summed E-state index contributed by atoms with van der Waals surface area (Å²) >= 11 is 0. The maximum Gasteiger partial charge on any atom is 0.418 e. The molecule has 2 atom stereocenters. The third-order valence-electron chi connectivity index (χ3n) is 4.91. The minimum atomic E-state index is -4.74. The second kappa shape index (κ2) is 7.53. The number of H-pyrrole nitrogens is 1. The van der Waals surface area contributed by atoms with Crippen molar-refractivity contribution in [3.05, 3.63) is 52.4 Å². The lowest BCUT2D eigenvalue weighted by molar-refractivity contribution is -0.206. The van der Waals surface area contributed by atoms with Gasteiger partial charge in [-0.3, -0.25) is 9.48 Å². The molecule has 0 aliphatic carbocycles. The number of aromatic amines is 1. The minimum absolute atomic E-state index is 0.00657. The summed E-state index contributed by atoms with van der Waals surface area (Å²) in [5.41, 5.74) is 0.501. The van der Waals surface area contributed by atoms with E-state index in [0.717, 1.165) is 12.8 Å². The van der Waals surface area contributed by atoms with Gasteiger partial charge >= 0.3 is 6.18 Å². The molecule has 10 heteroatoms. The number of anilines is 2. The Morgan fingerprint density at radius 1 is 1.28 bits per heavy atom. The van der Waals surface area contributed by atoms with Crippen LogP contribution in [0.5, 0.6) is 0 Å². The number of hydrogen-bond donors (Lipinski definition) is 3. The van der Waals surface area contributed by atoms with Gasteiger partial charge < -0.3 is 20.1 Å². The molecule has 3 N–H and O–H groups in total. The zero-order valence-electron chi connectivity index (χ0n) is 15.2. The molecular weight excluding hydrogens is 389 g/mol. The van der Waals surface area contributed by atoms with Gasteiger partial charge in [-0.2, -0.15) is 18.3 Å². The number of alkyl halides is 3. The van der Waals surface area contributed by atoms with Crippen LogP contribution in [0.15, 0.2) is 41.3 Å². The first-order chi connectivity index (χ1) is 13.8. The molecule has 0 bridgehead atoms. The summed E-state index contributed by atoms with van der Waals surface area (Å²) in [5, 5.41) is 17.2. The molecule has 3 heterocycles. The molecule has 0 amide bonds. The highest BCUT2D eigenvalue weighted by Gasteiger charge is 2.39. The Balaban J connectivity index is 1.67. The molecule has 2 aromatic heterocycles. The van der Waals surface area contributed by atoms with Crippen molar-refractivity contribution in [2.24, 2.45) is 0 Å². The third-order valence-corrected chi connectivity index (χ3v) is 4.91. The Hall–Kier alpha value is -2.85. The van der Waals surface area contributed by atoms with Gasteiger partial charge in [0.2, 0.25) is 0 Å². The van der Waals surface area contributed by atoms with Crippen molar-refractivity contribution in [2.45, 2.75) is 31.2 Å². The van der Waals surface area contributed by atoms with Crippen LogP contribution in [0.2, 0.25) is 0 Å². The lowest BCUT2D eigenvalue weighted by Gasteiger charge is -2.23. The highest BCUT2D eigenvalue weighted by molar-refractivity contribution is 5.91. The van der Waals surface area contributed by atoms with Crippen LogP contribution >= 0.6 is 0 Å². The first kappa shape index (κ1) is 19.5. The molecule has 1 aliphatic heterocycles. The van der Waals surface area contributed by atoms with Crippen LogP contribution in [0, 0.1) is 0 Å². The quantitative estimate of drug-likeness (QED) is 0.615. The fourth-order valence-electron chi connectivity index (χ4n) is 3.46. The molecule has 4 rings (SSSR count). The van der Waals surface area contributed by atoms with Gasteiger partial charge in [0.25, 0.3) is 5.56 Å². The molecule has 0 spiro atoms. The van der Waals surface area contributed by atoms with Crippen molar-refractivity contribution in [2.75, 3.05) is 18.5 Å². The summed E-state index contributed by atoms with van der Waals surface area (Å²) in [4.78, 5) is 15.0. The zero-order chi connectivity index (χ0) is 20.6. The van der Waals surface area contributed by atoms with Gasteiger partial charge in [0, 0.05) is 18.5 Å². The molecule has 1 aliphatic rings. The number of aliphatic hydroxyl groups excluding tert-OH is 1. The second-order valence-electron chi connectivity index (χ2n) is 6.92. The Bertz CT molecular complexity index is 1050. The van der Waals surface area contributed by atoms with E-state index in [1.54, 1.807) is 16.9 Å². The molecule has 0 saturated carbocycles. The van der Waals surface area contributed by atoms with Gasteiger partial charge in [-0.1, -0.05) is 12.1 Å². The number of nitrogens with zero attached hydrogens (tertiary/aromatic N) is 2. The standard InChI is InChI=1S/C19H19F3N4O3/c20-19(21,22)16(27)11-3-5-12(6-4-11)24-17-15-14(7-8-23-18(15)28)26(25-17)13-2-1-9-29-10-13/h3-8,13,16,27H,1-2,9-10H2,(H,23,28)(H,24,25). The van der Waals surface area contributed by atoms with Gasteiger partial charge in [0.05, 0.1) is 18.2 Å². The summed E-state index contributed by atoms with van der Waals surface area (Å²) in [6.07, 6.45) is -3.98. The summed E-state index contributed by atoms with van der Waals surface area (Å²) < 4.78 is 45.2. The van der Waals surface area contributed by atoms with Crippen LogP contribution in [-0.4, -0.2) is 39.3 Å². The van der Waals surface area contributed by atoms with E-state index in [1.165, 1.54) is 24.3 Å². The number of aliphatic hydroxyl groups is 1. The number of benzene rings is 1. The van der Waals surface area contributed by atoms with E-state index in [2.05, 4.69) is 15.4 Å². The molecule has 0 radical (unpaired) electrons. The topological polar surface area (TPSA) is 92.2 Å². The smallest absolute Gasteiger partial charge is 0.379 e. The average Bonchev–Trinajstić information content (AvgIpc) is 3.08. The van der Waals surface area contributed by atoms with Crippen molar-refractivity contribution in [3.63, 3.8) is 0 Å². The monoisotopic (exact) mass is 408 g/mol. The van der Waals surface area contributed by atoms with Crippen LogP contribution in [0.3, 0.4) is 0 Å². The van der Waals surface area contributed by atoms with Crippen molar-refractivity contribution in [1.82, 2.24) is 14.8 Å². The zero-order valence-corrected chi connectivity index (χ0v) is 15.2. The summed E-state index contributed by atoms with van der Waals surface area (Å²) in [7, 11) is 0. The Labute approximate surface area is 163 Å². The number of aromatic nitrogens is 3. The molecule has 7 nitrogen and oxygen atoms in total. The predicted octanol–water partition coefficient (Wildman–Crippen LogP) is 3.42. The second-order valence-corrected chi connectivity index (χ2v) is 6.92. The van der Waals surface area contributed by atoms with E-state index >= 15 is 0 Å². The fraction of sp³-hybridized carbons (Fsp3) is 0.368. The molecule has 1 aromatic carbocycles. The number of hydrogen-bond acceptors (Lipinski definition) is 5. The number of halogens is 3. The number of ether oxygens (including phenoxy) is 1. The summed E-state index contributed by atoms with van der Waals surface area (Å²) in [6, 6.07) is 6.91. The van der Waals surface area contributed by atoms with Gasteiger partial charge in [-0.15, -0.1) is 0 Å². The largest absolute Gasteiger partial charge is 0.418 e. The van der Waals surface area contributed by atoms with Gasteiger partial charge in [-0.25, -0.2) is 0 Å². The van der Waals surface area contributed by atoms with Crippen molar-refractivity contribution in [3.8, 4) is 0 Å². The SMILES string of the molecule is O=c1[nH]ccc2c1c(Nc1ccc(C(O)C(F)(F)F)cc1)nn2C1CCCOC1. The highest BCUT2D eigenvalue weighted by atomic mass is 19.4. The third kappa shape index (κ3) is 3.85. The summed E-state index contributed by atoms with van der Waals surface area (Å²) in [5.74, 6) is 0.302. The predicted molar refractivity (Wildman–Crippen MR) is 100 cm³/mol. The van der Waals surface area contributed by atoms with Crippen LogP contribution < -0.4 is 10.9 Å². The molecule has 29 heavy (non-hydrogen) atoms. The molecular formula is C19H19F3N4O3. The van der Waals surface area contributed by atoms with Crippen LogP contribution in [0.1, 0.15) is 30.6 Å². The minimum Gasteiger partial charge on any atom is -0.379 e. The highest BCUT2D eigenvalue weighted by Crippen LogP contribution is 2.33. The first-order valence-corrected chi connectivity index (χ1v) is 9.14. The van der Waals surface area contributed by atoms with E-state index in [0.29, 0.717) is 35.6 Å². The van der Waals surface area contributed by atoms with Crippen molar-refractivity contribution < 1.29 is 23.0 Å². The van der Waals surface area contributed by atoms with Gasteiger partial charge in [0.1, 0.15) is 5.39 Å². The van der Waals surface area contributed by atoms with Crippen LogP contribution in [0.25, 0.3) is 10.9 Å². The lowest BCUT2D eigenvalue weighted by Crippen LogP contribution is -2.22. The Morgan fingerprint density at radius 2 is 2.03 bits per heavy atom. The van der Waals surface area contributed by atoms with Crippen LogP contribution in [-0.2, 0) is 4.74 Å². The fourth-order valence-corrected chi connectivity index (χ4v) is 3.46. The van der Waals surface area contributed by atoms with Crippen LogP contribution in [0.4, 0.5) is 24.7 Å². The van der Waals surface area contributed by atoms with E-state index in [-0.39, 0.29) is 17.2 Å². The molecule has 1 fully saturated rings. The molecule has 3 aromatic rings. The Kier molecular flexibility index (Phi) is 5.05. The number of fused-ring (bicyclic) bond motifs is 1. The summed E-state index contributed by atoms with van der Waals surface area (Å²) in [6.45, 7) is 1.19.